The van der Waals surface area contributed by atoms with Gasteiger partial charge in [0.05, 0.1) is 0 Å². The van der Waals surface area contributed by atoms with E-state index in [1.807, 2.05) is 49.1 Å². The number of rotatable bonds is 4. The van der Waals surface area contributed by atoms with Gasteiger partial charge < -0.3 is 10.0 Å². The quantitative estimate of drug-likeness (QED) is 0.793. The maximum Gasteiger partial charge on any atom is 0.129 e. The van der Waals surface area contributed by atoms with Crippen molar-refractivity contribution < 1.29 is 5.11 Å². The van der Waals surface area contributed by atoms with Crippen LogP contribution in [0.3, 0.4) is 0 Å². The van der Waals surface area contributed by atoms with Crippen molar-refractivity contribution in [3.05, 3.63) is 35.9 Å². The maximum atomic E-state index is 10.0. The number of benzene rings is 1. The topological polar surface area (TPSA) is 23.5 Å². The molecule has 0 heterocycles. The van der Waals surface area contributed by atoms with Gasteiger partial charge in [0, 0.05) is 13.1 Å². The van der Waals surface area contributed by atoms with E-state index in [1.54, 1.807) is 0 Å². The van der Waals surface area contributed by atoms with Crippen LogP contribution in [0, 0.1) is 0 Å². The summed E-state index contributed by atoms with van der Waals surface area (Å²) in [6, 6.07) is 9.52. The molecule has 1 atom stereocenters. The van der Waals surface area contributed by atoms with Crippen LogP contribution in [0.2, 0.25) is 0 Å². The average Bonchev–Trinajstić information content (AvgIpc) is 2.30. The second kappa shape index (κ2) is 5.83. The van der Waals surface area contributed by atoms with Gasteiger partial charge in [0.2, 0.25) is 0 Å². The van der Waals surface area contributed by atoms with E-state index in [2.05, 4.69) is 0 Å². The van der Waals surface area contributed by atoms with Gasteiger partial charge in [0.15, 0.2) is 0 Å². The van der Waals surface area contributed by atoms with Gasteiger partial charge in [-0.15, -0.1) is 0 Å². The van der Waals surface area contributed by atoms with E-state index < -0.39 is 6.10 Å². The molecular weight excluding hydrogens is 206 g/mol. The molecule has 2 nitrogen and oxygen atoms in total. The highest BCUT2D eigenvalue weighted by Crippen LogP contribution is 2.16. The molecule has 0 radical (unpaired) electrons. The molecule has 82 valence electrons. The Morgan fingerprint density at radius 3 is 2.27 bits per heavy atom. The third-order valence-electron chi connectivity index (χ3n) is 2.42. The smallest absolute Gasteiger partial charge is 0.129 e. The van der Waals surface area contributed by atoms with Crippen LogP contribution in [0.4, 0.5) is 0 Å². The molecule has 1 aromatic carbocycles. The van der Waals surface area contributed by atoms with E-state index in [0.29, 0.717) is 4.99 Å². The second-order valence-electron chi connectivity index (χ2n) is 3.32. The van der Waals surface area contributed by atoms with Crippen molar-refractivity contribution in [1.29, 1.82) is 0 Å². The Morgan fingerprint density at radius 2 is 1.80 bits per heavy atom. The monoisotopic (exact) mass is 223 g/mol. The molecule has 1 N–H and O–H groups in total. The van der Waals surface area contributed by atoms with Crippen molar-refractivity contribution in [2.24, 2.45) is 0 Å². The molecule has 0 fully saturated rings. The second-order valence-corrected chi connectivity index (χ2v) is 3.74. The lowest BCUT2D eigenvalue weighted by Crippen LogP contribution is -2.33. The molecule has 0 saturated carbocycles. The number of hydrogen-bond donors (Lipinski definition) is 1. The summed E-state index contributed by atoms with van der Waals surface area (Å²) < 4.78 is 0. The minimum Gasteiger partial charge on any atom is -0.381 e. The van der Waals surface area contributed by atoms with Gasteiger partial charge in [-0.2, -0.15) is 0 Å². The number of aliphatic hydroxyl groups is 1. The third-order valence-corrected chi connectivity index (χ3v) is 2.91. The van der Waals surface area contributed by atoms with Gasteiger partial charge in [-0.3, -0.25) is 0 Å². The molecule has 0 aromatic heterocycles. The predicted molar refractivity (Wildman–Crippen MR) is 66.9 cm³/mol. The van der Waals surface area contributed by atoms with Gasteiger partial charge in [-0.05, 0) is 19.4 Å². The van der Waals surface area contributed by atoms with Crippen molar-refractivity contribution >= 4 is 17.2 Å². The lowest BCUT2D eigenvalue weighted by molar-refractivity contribution is 0.230. The van der Waals surface area contributed by atoms with Crippen LogP contribution in [-0.4, -0.2) is 28.1 Å². The molecule has 0 aliphatic carbocycles. The lowest BCUT2D eigenvalue weighted by Gasteiger charge is -2.25. The number of thiocarbonyl (C=S) groups is 1. The molecule has 15 heavy (non-hydrogen) atoms. The standard InChI is InChI=1S/C12H17NOS/c1-3-13(4-2)12(15)11(14)10-8-6-5-7-9-10/h5-9,11,14H,3-4H2,1-2H3. The van der Waals surface area contributed by atoms with Gasteiger partial charge >= 0.3 is 0 Å². The van der Waals surface area contributed by atoms with Crippen LogP contribution < -0.4 is 0 Å². The van der Waals surface area contributed by atoms with Crippen molar-refractivity contribution in [3.8, 4) is 0 Å². The number of aliphatic hydroxyl groups excluding tert-OH is 1. The lowest BCUT2D eigenvalue weighted by atomic mass is 10.1. The molecule has 0 aliphatic heterocycles. The Labute approximate surface area is 96.5 Å². The summed E-state index contributed by atoms with van der Waals surface area (Å²) in [4.78, 5) is 2.60. The molecule has 1 rings (SSSR count). The molecule has 0 spiro atoms. The number of hydrogen-bond acceptors (Lipinski definition) is 2. The third kappa shape index (κ3) is 3.01. The summed E-state index contributed by atoms with van der Waals surface area (Å²) in [6.45, 7) is 5.74. The zero-order chi connectivity index (χ0) is 11.3. The number of nitrogens with zero attached hydrogens (tertiary/aromatic N) is 1. The van der Waals surface area contributed by atoms with Gasteiger partial charge in [-0.25, -0.2) is 0 Å². The van der Waals surface area contributed by atoms with Gasteiger partial charge in [-0.1, -0.05) is 42.5 Å². The summed E-state index contributed by atoms with van der Waals surface area (Å²) in [6.07, 6.45) is -0.666. The Bertz CT molecular complexity index is 309. The Balaban J connectivity index is 2.76. The van der Waals surface area contributed by atoms with Crippen LogP contribution >= 0.6 is 12.2 Å². The first-order chi connectivity index (χ1) is 7.20. The highest BCUT2D eigenvalue weighted by atomic mass is 32.1. The molecule has 3 heteroatoms. The summed E-state index contributed by atoms with van der Waals surface area (Å²) in [5.41, 5.74) is 0.856. The molecule has 0 bridgehead atoms. The molecule has 0 aliphatic rings. The zero-order valence-corrected chi connectivity index (χ0v) is 10.00. The molecular formula is C12H17NOS. The van der Waals surface area contributed by atoms with E-state index in [1.165, 1.54) is 0 Å². The summed E-state index contributed by atoms with van der Waals surface area (Å²) in [7, 11) is 0. The van der Waals surface area contributed by atoms with Crippen LogP contribution in [-0.2, 0) is 0 Å². The molecule has 1 unspecified atom stereocenters. The van der Waals surface area contributed by atoms with Crippen LogP contribution in [0.5, 0.6) is 0 Å². The Kier molecular flexibility index (Phi) is 4.72. The van der Waals surface area contributed by atoms with Crippen molar-refractivity contribution in [2.45, 2.75) is 20.0 Å². The SMILES string of the molecule is CCN(CC)C(=S)C(O)c1ccccc1. The predicted octanol–water partition coefficient (Wildman–Crippen LogP) is 2.39. The fourth-order valence-corrected chi connectivity index (χ4v) is 1.88. The summed E-state index contributed by atoms with van der Waals surface area (Å²) in [5, 5.41) is 10.0. The molecule has 0 amide bonds. The van der Waals surface area contributed by atoms with Gasteiger partial charge in [0.25, 0.3) is 0 Å². The zero-order valence-electron chi connectivity index (χ0n) is 9.18. The van der Waals surface area contributed by atoms with Crippen LogP contribution in [0.15, 0.2) is 30.3 Å². The van der Waals surface area contributed by atoms with Gasteiger partial charge in [0.1, 0.15) is 11.1 Å². The first kappa shape index (κ1) is 12.1. The normalized spacial score (nSPS) is 12.2. The fourth-order valence-electron chi connectivity index (χ4n) is 1.49. The maximum absolute atomic E-state index is 10.0. The minimum absolute atomic E-state index is 0.603. The Morgan fingerprint density at radius 1 is 1.27 bits per heavy atom. The largest absolute Gasteiger partial charge is 0.381 e. The van der Waals surface area contributed by atoms with E-state index in [-0.39, 0.29) is 0 Å². The minimum atomic E-state index is -0.666. The van der Waals surface area contributed by atoms with Crippen molar-refractivity contribution in [3.63, 3.8) is 0 Å². The highest BCUT2D eigenvalue weighted by molar-refractivity contribution is 7.80. The Hall–Kier alpha value is -0.930. The average molecular weight is 223 g/mol. The first-order valence-electron chi connectivity index (χ1n) is 5.22. The van der Waals surface area contributed by atoms with E-state index in [9.17, 15) is 5.11 Å². The van der Waals surface area contributed by atoms with E-state index >= 15 is 0 Å². The fraction of sp³-hybridized carbons (Fsp3) is 0.417. The molecule has 1 aromatic rings. The number of likely N-dealkylation sites (N-methyl/N-ethyl adjacent to an activating group) is 1. The summed E-state index contributed by atoms with van der Waals surface area (Å²) >= 11 is 5.25. The molecule has 0 saturated heterocycles. The van der Waals surface area contributed by atoms with Crippen LogP contribution in [0.1, 0.15) is 25.5 Å². The highest BCUT2D eigenvalue weighted by Gasteiger charge is 2.16. The van der Waals surface area contributed by atoms with Crippen LogP contribution in [0.25, 0.3) is 0 Å². The van der Waals surface area contributed by atoms with E-state index in [4.69, 9.17) is 12.2 Å². The first-order valence-corrected chi connectivity index (χ1v) is 5.63. The van der Waals surface area contributed by atoms with E-state index in [0.717, 1.165) is 18.7 Å². The van der Waals surface area contributed by atoms with Crippen molar-refractivity contribution in [1.82, 2.24) is 4.90 Å². The van der Waals surface area contributed by atoms with Crippen molar-refractivity contribution in [2.75, 3.05) is 13.1 Å². The summed E-state index contributed by atoms with van der Waals surface area (Å²) in [5.74, 6) is 0.